The van der Waals surface area contributed by atoms with Gasteiger partial charge in [0.1, 0.15) is 0 Å². The summed E-state index contributed by atoms with van der Waals surface area (Å²) in [6.07, 6.45) is -0.191. The first-order valence-electron chi connectivity index (χ1n) is 5.97. The van der Waals surface area contributed by atoms with Crippen molar-refractivity contribution in [3.05, 3.63) is 29.8 Å². The van der Waals surface area contributed by atoms with Gasteiger partial charge in [-0.2, -0.15) is 8.42 Å². The normalized spacial score (nSPS) is 13.8. The number of benzene rings is 1. The van der Waals surface area contributed by atoms with E-state index >= 15 is 0 Å². The van der Waals surface area contributed by atoms with Crippen LogP contribution in [0.4, 0.5) is 0 Å². The average Bonchev–Trinajstić information content (AvgIpc) is 2.28. The summed E-state index contributed by atoms with van der Waals surface area (Å²) in [7, 11) is -3.75. The molecule has 1 aromatic carbocycles. The fourth-order valence-electron chi connectivity index (χ4n) is 1.54. The number of aliphatic hydroxyl groups excluding tert-OH is 1. The molecule has 0 aliphatic carbocycles. The summed E-state index contributed by atoms with van der Waals surface area (Å²) >= 11 is 0. The van der Waals surface area contributed by atoms with Crippen LogP contribution in [0.15, 0.2) is 29.2 Å². The minimum atomic E-state index is -3.75. The SMILES string of the molecule is Cc1ccc(S(=O)(=O)O[C@@H](CCO)C(C)C)cc1. The molecule has 0 aliphatic heterocycles. The van der Waals surface area contributed by atoms with Crippen molar-refractivity contribution >= 4 is 10.1 Å². The Morgan fingerprint density at radius 1 is 1.22 bits per heavy atom. The van der Waals surface area contributed by atoms with E-state index in [4.69, 9.17) is 9.29 Å². The van der Waals surface area contributed by atoms with Gasteiger partial charge in [-0.15, -0.1) is 0 Å². The molecule has 0 saturated carbocycles. The van der Waals surface area contributed by atoms with Crippen LogP contribution in [0.5, 0.6) is 0 Å². The Bertz CT molecular complexity index is 462. The van der Waals surface area contributed by atoms with Crippen molar-refractivity contribution in [1.29, 1.82) is 0 Å². The molecule has 1 N–H and O–H groups in total. The molecule has 0 aliphatic rings. The summed E-state index contributed by atoms with van der Waals surface area (Å²) in [5, 5.41) is 8.91. The zero-order chi connectivity index (χ0) is 13.8. The van der Waals surface area contributed by atoms with E-state index < -0.39 is 16.2 Å². The molecule has 18 heavy (non-hydrogen) atoms. The van der Waals surface area contributed by atoms with E-state index in [9.17, 15) is 8.42 Å². The van der Waals surface area contributed by atoms with Gasteiger partial charge in [0.05, 0.1) is 11.0 Å². The number of rotatable bonds is 6. The number of aryl methyl sites for hydroxylation is 1. The second-order valence-electron chi connectivity index (χ2n) is 4.66. The Hall–Kier alpha value is -0.910. The molecule has 4 nitrogen and oxygen atoms in total. The lowest BCUT2D eigenvalue weighted by Gasteiger charge is -2.20. The lowest BCUT2D eigenvalue weighted by molar-refractivity contribution is 0.121. The van der Waals surface area contributed by atoms with Gasteiger partial charge in [-0.25, -0.2) is 0 Å². The molecule has 1 aromatic rings. The summed E-state index contributed by atoms with van der Waals surface area (Å²) in [4.78, 5) is 0.150. The van der Waals surface area contributed by atoms with Gasteiger partial charge < -0.3 is 5.11 Å². The van der Waals surface area contributed by atoms with Crippen LogP contribution in [-0.4, -0.2) is 26.2 Å². The van der Waals surface area contributed by atoms with E-state index in [0.717, 1.165) is 5.56 Å². The monoisotopic (exact) mass is 272 g/mol. The molecule has 0 bridgehead atoms. The van der Waals surface area contributed by atoms with E-state index in [1.54, 1.807) is 12.1 Å². The predicted octanol–water partition coefficient (Wildman–Crippen LogP) is 2.11. The van der Waals surface area contributed by atoms with Gasteiger partial charge in [-0.3, -0.25) is 4.18 Å². The highest BCUT2D eigenvalue weighted by Crippen LogP contribution is 2.20. The minimum Gasteiger partial charge on any atom is -0.396 e. The molecular weight excluding hydrogens is 252 g/mol. The zero-order valence-electron chi connectivity index (χ0n) is 11.0. The molecule has 5 heteroatoms. The first-order chi connectivity index (χ1) is 8.36. The van der Waals surface area contributed by atoms with Gasteiger partial charge in [-0.05, 0) is 31.4 Å². The zero-order valence-corrected chi connectivity index (χ0v) is 11.8. The van der Waals surface area contributed by atoms with Crippen molar-refractivity contribution in [1.82, 2.24) is 0 Å². The predicted molar refractivity (Wildman–Crippen MR) is 69.8 cm³/mol. The van der Waals surface area contributed by atoms with Crippen LogP contribution in [0.2, 0.25) is 0 Å². The Labute approximate surface area is 109 Å². The summed E-state index contributed by atoms with van der Waals surface area (Å²) in [6, 6.07) is 6.52. The molecule has 0 saturated heterocycles. The van der Waals surface area contributed by atoms with Crippen molar-refractivity contribution in [2.75, 3.05) is 6.61 Å². The molecule has 102 valence electrons. The minimum absolute atomic E-state index is 0.0253. The lowest BCUT2D eigenvalue weighted by atomic mass is 10.1. The van der Waals surface area contributed by atoms with Gasteiger partial charge in [0.15, 0.2) is 0 Å². The third-order valence-electron chi connectivity index (χ3n) is 2.72. The second kappa shape index (κ2) is 6.31. The molecule has 0 heterocycles. The first kappa shape index (κ1) is 15.1. The Morgan fingerprint density at radius 2 is 1.78 bits per heavy atom. The summed E-state index contributed by atoms with van der Waals surface area (Å²) in [5.74, 6) is 0.0253. The second-order valence-corrected chi connectivity index (χ2v) is 6.23. The maximum atomic E-state index is 12.0. The largest absolute Gasteiger partial charge is 0.396 e. The fraction of sp³-hybridized carbons (Fsp3) is 0.538. The maximum Gasteiger partial charge on any atom is 0.297 e. The van der Waals surface area contributed by atoms with E-state index in [1.807, 2.05) is 20.8 Å². The van der Waals surface area contributed by atoms with Crippen molar-refractivity contribution in [2.24, 2.45) is 5.92 Å². The Morgan fingerprint density at radius 3 is 2.22 bits per heavy atom. The van der Waals surface area contributed by atoms with Crippen molar-refractivity contribution in [3.8, 4) is 0 Å². The molecule has 1 atom stereocenters. The van der Waals surface area contributed by atoms with Crippen molar-refractivity contribution < 1.29 is 17.7 Å². The molecule has 0 spiro atoms. The maximum absolute atomic E-state index is 12.0. The van der Waals surface area contributed by atoms with Crippen LogP contribution in [0.1, 0.15) is 25.8 Å². The quantitative estimate of drug-likeness (QED) is 0.806. The number of hydrogen-bond donors (Lipinski definition) is 1. The highest BCUT2D eigenvalue weighted by molar-refractivity contribution is 7.86. The molecular formula is C13H20O4S. The van der Waals surface area contributed by atoms with E-state index in [-0.39, 0.29) is 17.4 Å². The van der Waals surface area contributed by atoms with Crippen molar-refractivity contribution in [3.63, 3.8) is 0 Å². The fourth-order valence-corrected chi connectivity index (χ4v) is 2.77. The summed E-state index contributed by atoms with van der Waals surface area (Å²) < 4.78 is 29.2. The smallest absolute Gasteiger partial charge is 0.297 e. The summed E-state index contributed by atoms with van der Waals surface area (Å²) in [5.41, 5.74) is 0.990. The molecule has 0 amide bonds. The molecule has 0 fully saturated rings. The van der Waals surface area contributed by atoms with Crippen LogP contribution >= 0.6 is 0 Å². The van der Waals surface area contributed by atoms with E-state index in [2.05, 4.69) is 0 Å². The molecule has 0 unspecified atom stereocenters. The lowest BCUT2D eigenvalue weighted by Crippen LogP contribution is -2.25. The van der Waals surface area contributed by atoms with Crippen LogP contribution in [0, 0.1) is 12.8 Å². The van der Waals surface area contributed by atoms with Gasteiger partial charge in [0.25, 0.3) is 10.1 Å². The Balaban J connectivity index is 2.89. The highest BCUT2D eigenvalue weighted by Gasteiger charge is 2.23. The third kappa shape index (κ3) is 4.08. The molecule has 0 aromatic heterocycles. The number of hydrogen-bond acceptors (Lipinski definition) is 4. The third-order valence-corrected chi connectivity index (χ3v) is 4.07. The van der Waals surface area contributed by atoms with Gasteiger partial charge in [0.2, 0.25) is 0 Å². The van der Waals surface area contributed by atoms with Crippen LogP contribution in [-0.2, 0) is 14.3 Å². The van der Waals surface area contributed by atoms with Crippen LogP contribution in [0.3, 0.4) is 0 Å². The highest BCUT2D eigenvalue weighted by atomic mass is 32.2. The molecule has 0 radical (unpaired) electrons. The topological polar surface area (TPSA) is 63.6 Å². The first-order valence-corrected chi connectivity index (χ1v) is 7.38. The van der Waals surface area contributed by atoms with Crippen molar-refractivity contribution in [2.45, 2.75) is 38.2 Å². The van der Waals surface area contributed by atoms with Gasteiger partial charge in [0, 0.05) is 6.61 Å². The van der Waals surface area contributed by atoms with E-state index in [0.29, 0.717) is 6.42 Å². The van der Waals surface area contributed by atoms with Crippen LogP contribution < -0.4 is 0 Å². The standard InChI is InChI=1S/C13H20O4S/c1-10(2)13(8-9-14)17-18(15,16)12-6-4-11(3)5-7-12/h4-7,10,13-14H,8-9H2,1-3H3/t13-/m0/s1. The molecule has 1 rings (SSSR count). The van der Waals surface area contributed by atoms with E-state index in [1.165, 1.54) is 12.1 Å². The average molecular weight is 272 g/mol. The Kier molecular flexibility index (Phi) is 5.31. The summed E-state index contributed by atoms with van der Waals surface area (Å²) in [6.45, 7) is 5.53. The number of aliphatic hydroxyl groups is 1. The van der Waals surface area contributed by atoms with Gasteiger partial charge in [-0.1, -0.05) is 31.5 Å². The van der Waals surface area contributed by atoms with Crippen LogP contribution in [0.25, 0.3) is 0 Å². The van der Waals surface area contributed by atoms with Gasteiger partial charge >= 0.3 is 0 Å².